The standard InChI is InChI=1S/C24H21NO2/c1-15-8-13-21(16(2)14-15)25-23-19-6-4-5-7-20(19)24(26)22(23)17-9-11-18(27-3)12-10-17/h4-14,22H,1-3H3. The molecule has 134 valence electrons. The number of carbonyl (C=O) groups is 1. The Labute approximate surface area is 159 Å². The summed E-state index contributed by atoms with van der Waals surface area (Å²) in [6.07, 6.45) is 0. The maximum absolute atomic E-state index is 13.2. The highest BCUT2D eigenvalue weighted by atomic mass is 16.5. The molecule has 0 saturated heterocycles. The smallest absolute Gasteiger partial charge is 0.176 e. The molecule has 0 fully saturated rings. The SMILES string of the molecule is COc1ccc(C2C(=O)c3ccccc3C2=Nc2ccc(C)cc2C)cc1. The molecule has 1 atom stereocenters. The van der Waals surface area contributed by atoms with E-state index in [1.165, 1.54) is 5.56 Å². The van der Waals surface area contributed by atoms with Crippen molar-refractivity contribution in [3.8, 4) is 5.75 Å². The maximum atomic E-state index is 13.2. The molecule has 0 amide bonds. The highest BCUT2D eigenvalue weighted by Crippen LogP contribution is 2.37. The topological polar surface area (TPSA) is 38.7 Å². The molecule has 0 heterocycles. The number of ketones is 1. The lowest BCUT2D eigenvalue weighted by molar-refractivity contribution is 0.0988. The summed E-state index contributed by atoms with van der Waals surface area (Å²) in [5.41, 5.74) is 6.61. The highest BCUT2D eigenvalue weighted by Gasteiger charge is 2.37. The number of fused-ring (bicyclic) bond motifs is 1. The Kier molecular flexibility index (Phi) is 4.36. The van der Waals surface area contributed by atoms with Crippen LogP contribution in [0.25, 0.3) is 0 Å². The molecule has 1 unspecified atom stereocenters. The monoisotopic (exact) mass is 355 g/mol. The first-order chi connectivity index (χ1) is 13.1. The zero-order valence-corrected chi connectivity index (χ0v) is 15.7. The van der Waals surface area contributed by atoms with E-state index in [0.29, 0.717) is 0 Å². The van der Waals surface area contributed by atoms with Gasteiger partial charge in [-0.1, -0.05) is 54.1 Å². The summed E-state index contributed by atoms with van der Waals surface area (Å²) in [6, 6.07) is 21.6. The first-order valence-corrected chi connectivity index (χ1v) is 9.02. The third kappa shape index (κ3) is 3.06. The number of aryl methyl sites for hydroxylation is 2. The zero-order chi connectivity index (χ0) is 19.0. The van der Waals surface area contributed by atoms with Crippen molar-refractivity contribution >= 4 is 17.2 Å². The third-order valence-electron chi connectivity index (χ3n) is 5.05. The van der Waals surface area contributed by atoms with Crippen LogP contribution in [0.4, 0.5) is 5.69 Å². The molecule has 0 spiro atoms. The van der Waals surface area contributed by atoms with Crippen molar-refractivity contribution in [3.63, 3.8) is 0 Å². The van der Waals surface area contributed by atoms with Gasteiger partial charge in [0.05, 0.1) is 24.4 Å². The lowest BCUT2D eigenvalue weighted by Gasteiger charge is -2.13. The maximum Gasteiger partial charge on any atom is 0.176 e. The molecule has 0 saturated carbocycles. The predicted octanol–water partition coefficient (Wildman–Crippen LogP) is 5.41. The van der Waals surface area contributed by atoms with Gasteiger partial charge in [0.1, 0.15) is 5.75 Å². The van der Waals surface area contributed by atoms with Crippen molar-refractivity contribution in [3.05, 3.63) is 94.5 Å². The Bertz CT molecular complexity index is 1050. The fraction of sp³-hybridized carbons (Fsp3) is 0.167. The van der Waals surface area contributed by atoms with E-state index in [1.54, 1.807) is 7.11 Å². The van der Waals surface area contributed by atoms with Gasteiger partial charge in [0.25, 0.3) is 0 Å². The summed E-state index contributed by atoms with van der Waals surface area (Å²) < 4.78 is 5.25. The molecule has 1 aliphatic rings. The highest BCUT2D eigenvalue weighted by molar-refractivity contribution is 6.32. The molecular weight excluding hydrogens is 334 g/mol. The van der Waals surface area contributed by atoms with E-state index in [4.69, 9.17) is 9.73 Å². The molecule has 0 aromatic heterocycles. The second kappa shape index (κ2) is 6.84. The van der Waals surface area contributed by atoms with Gasteiger partial charge < -0.3 is 4.74 Å². The Hall–Kier alpha value is -3.20. The van der Waals surface area contributed by atoms with E-state index < -0.39 is 5.92 Å². The van der Waals surface area contributed by atoms with Crippen molar-refractivity contribution in [2.24, 2.45) is 4.99 Å². The fourth-order valence-electron chi connectivity index (χ4n) is 3.65. The largest absolute Gasteiger partial charge is 0.497 e. The van der Waals surface area contributed by atoms with Crippen LogP contribution in [-0.4, -0.2) is 18.6 Å². The average Bonchev–Trinajstić information content (AvgIpc) is 2.96. The first-order valence-electron chi connectivity index (χ1n) is 9.02. The number of benzene rings is 3. The number of hydrogen-bond donors (Lipinski definition) is 0. The molecule has 4 rings (SSSR count). The van der Waals surface area contributed by atoms with Crippen LogP contribution in [-0.2, 0) is 0 Å². The molecule has 3 heteroatoms. The number of methoxy groups -OCH3 is 1. The van der Waals surface area contributed by atoms with Crippen molar-refractivity contribution in [1.29, 1.82) is 0 Å². The molecule has 0 radical (unpaired) electrons. The van der Waals surface area contributed by atoms with Gasteiger partial charge in [0, 0.05) is 11.1 Å². The van der Waals surface area contributed by atoms with Crippen LogP contribution in [0, 0.1) is 13.8 Å². The molecule has 0 bridgehead atoms. The Morgan fingerprint density at radius 3 is 2.26 bits per heavy atom. The van der Waals surface area contributed by atoms with Crippen LogP contribution in [0.3, 0.4) is 0 Å². The van der Waals surface area contributed by atoms with Gasteiger partial charge in [0.2, 0.25) is 0 Å². The van der Waals surface area contributed by atoms with Crippen LogP contribution >= 0.6 is 0 Å². The van der Waals surface area contributed by atoms with Crippen molar-refractivity contribution in [2.75, 3.05) is 7.11 Å². The Morgan fingerprint density at radius 1 is 0.889 bits per heavy atom. The molecule has 0 aliphatic heterocycles. The molecule has 1 aliphatic carbocycles. The number of rotatable bonds is 3. The van der Waals surface area contributed by atoms with E-state index in [9.17, 15) is 4.79 Å². The lowest BCUT2D eigenvalue weighted by atomic mass is 9.93. The van der Waals surface area contributed by atoms with Gasteiger partial charge in [-0.3, -0.25) is 9.79 Å². The number of ether oxygens (including phenoxy) is 1. The average molecular weight is 355 g/mol. The number of hydrogen-bond acceptors (Lipinski definition) is 3. The van der Waals surface area contributed by atoms with Crippen molar-refractivity contribution in [2.45, 2.75) is 19.8 Å². The van der Waals surface area contributed by atoms with E-state index in [-0.39, 0.29) is 5.78 Å². The summed E-state index contributed by atoms with van der Waals surface area (Å²) >= 11 is 0. The summed E-state index contributed by atoms with van der Waals surface area (Å²) in [4.78, 5) is 18.1. The van der Waals surface area contributed by atoms with Gasteiger partial charge in [0.15, 0.2) is 5.78 Å². The summed E-state index contributed by atoms with van der Waals surface area (Å²) in [6.45, 7) is 4.12. The Morgan fingerprint density at radius 2 is 1.59 bits per heavy atom. The molecule has 3 aromatic rings. The molecule has 3 nitrogen and oxygen atoms in total. The van der Waals surface area contributed by atoms with Gasteiger partial charge in [-0.25, -0.2) is 0 Å². The predicted molar refractivity (Wildman–Crippen MR) is 109 cm³/mol. The van der Waals surface area contributed by atoms with Crippen LogP contribution in [0.2, 0.25) is 0 Å². The minimum Gasteiger partial charge on any atom is -0.497 e. The first kappa shape index (κ1) is 17.2. The minimum atomic E-state index is -0.394. The number of nitrogens with zero attached hydrogens (tertiary/aromatic N) is 1. The van der Waals surface area contributed by atoms with Gasteiger partial charge in [-0.15, -0.1) is 0 Å². The normalized spacial score (nSPS) is 17.2. The minimum absolute atomic E-state index is 0.0966. The van der Waals surface area contributed by atoms with Crippen LogP contribution in [0.5, 0.6) is 5.75 Å². The second-order valence-corrected chi connectivity index (χ2v) is 6.90. The number of aliphatic imine (C=N–C) groups is 1. The van der Waals surface area contributed by atoms with Crippen LogP contribution in [0.15, 0.2) is 71.7 Å². The van der Waals surface area contributed by atoms with E-state index >= 15 is 0 Å². The molecule has 27 heavy (non-hydrogen) atoms. The van der Waals surface area contributed by atoms with E-state index in [0.717, 1.165) is 39.4 Å². The number of carbonyl (C=O) groups excluding carboxylic acids is 1. The summed E-state index contributed by atoms with van der Waals surface area (Å²) in [7, 11) is 1.64. The van der Waals surface area contributed by atoms with Gasteiger partial charge in [-0.2, -0.15) is 0 Å². The fourth-order valence-corrected chi connectivity index (χ4v) is 3.65. The molecule has 0 N–H and O–H groups in total. The lowest BCUT2D eigenvalue weighted by Crippen LogP contribution is -2.13. The zero-order valence-electron chi connectivity index (χ0n) is 15.7. The van der Waals surface area contributed by atoms with E-state index in [1.807, 2.05) is 54.6 Å². The molecule has 3 aromatic carbocycles. The van der Waals surface area contributed by atoms with E-state index in [2.05, 4.69) is 26.0 Å². The third-order valence-corrected chi connectivity index (χ3v) is 5.05. The molecular formula is C24H21NO2. The van der Waals surface area contributed by atoms with Crippen molar-refractivity contribution in [1.82, 2.24) is 0 Å². The Balaban J connectivity index is 1.88. The number of Topliss-reactive ketones (excluding diaryl/α,β-unsaturated/α-hetero) is 1. The summed E-state index contributed by atoms with van der Waals surface area (Å²) in [5.74, 6) is 0.475. The second-order valence-electron chi connectivity index (χ2n) is 6.90. The van der Waals surface area contributed by atoms with Gasteiger partial charge >= 0.3 is 0 Å². The summed E-state index contributed by atoms with van der Waals surface area (Å²) in [5, 5.41) is 0. The quantitative estimate of drug-likeness (QED) is 0.630. The van der Waals surface area contributed by atoms with Crippen LogP contribution in [0.1, 0.15) is 38.5 Å². The van der Waals surface area contributed by atoms with Crippen LogP contribution < -0.4 is 4.74 Å². The van der Waals surface area contributed by atoms with Crippen molar-refractivity contribution < 1.29 is 9.53 Å². The van der Waals surface area contributed by atoms with Gasteiger partial charge in [-0.05, 0) is 43.2 Å².